The Balaban J connectivity index is 1.66. The molecule has 0 saturated carbocycles. The minimum atomic E-state index is -0.920. The smallest absolute Gasteiger partial charge is 0.352 e. The van der Waals surface area contributed by atoms with Crippen molar-refractivity contribution < 1.29 is 14.7 Å². The third kappa shape index (κ3) is 2.54. The average Bonchev–Trinajstić information content (AvgIpc) is 3.18. The maximum absolute atomic E-state index is 12.2. The highest BCUT2D eigenvalue weighted by Gasteiger charge is 2.26. The van der Waals surface area contributed by atoms with E-state index in [1.165, 1.54) is 0 Å². The molecule has 2 aromatic heterocycles. The predicted octanol–water partition coefficient (Wildman–Crippen LogP) is 1.39. The van der Waals surface area contributed by atoms with Crippen molar-refractivity contribution >= 4 is 11.9 Å². The number of carboxylic acids is 1. The number of aromatic amines is 1. The van der Waals surface area contributed by atoms with Crippen LogP contribution in [0.3, 0.4) is 0 Å². The summed E-state index contributed by atoms with van der Waals surface area (Å²) in [6, 6.07) is 5.12. The molecule has 0 bridgehead atoms. The van der Waals surface area contributed by atoms with Crippen molar-refractivity contribution in [3.8, 4) is 0 Å². The van der Waals surface area contributed by atoms with E-state index in [4.69, 9.17) is 5.11 Å². The number of likely N-dealkylation sites (tertiary alicyclic amines) is 1. The Bertz CT molecular complexity index is 639. The number of carbonyl (C=O) groups is 2. The standard InChI is InChI=1S/C14H16N4O3/c19-13(11-3-6-15-16-11)17-8-4-10(5-9-17)18-7-1-2-12(18)14(20)21/h1-3,6-7,10H,4-5,8-9H2,(H,15,16)(H,20,21). The number of amides is 1. The molecular weight excluding hydrogens is 272 g/mol. The Hall–Kier alpha value is -2.57. The van der Waals surface area contributed by atoms with Gasteiger partial charge < -0.3 is 14.6 Å². The van der Waals surface area contributed by atoms with Crippen LogP contribution < -0.4 is 0 Å². The Morgan fingerprint density at radius 1 is 1.29 bits per heavy atom. The zero-order valence-corrected chi connectivity index (χ0v) is 11.4. The molecule has 1 saturated heterocycles. The van der Waals surface area contributed by atoms with Gasteiger partial charge in [-0.15, -0.1) is 0 Å². The lowest BCUT2D eigenvalue weighted by atomic mass is 10.0. The number of hydrogen-bond acceptors (Lipinski definition) is 3. The van der Waals surface area contributed by atoms with Crippen molar-refractivity contribution in [3.63, 3.8) is 0 Å². The lowest BCUT2D eigenvalue weighted by Gasteiger charge is -2.33. The van der Waals surface area contributed by atoms with Gasteiger partial charge in [0.05, 0.1) is 0 Å². The lowest BCUT2D eigenvalue weighted by molar-refractivity contribution is 0.0647. The van der Waals surface area contributed by atoms with Gasteiger partial charge in [0.1, 0.15) is 11.4 Å². The van der Waals surface area contributed by atoms with Gasteiger partial charge in [-0.1, -0.05) is 0 Å². The molecule has 0 spiro atoms. The highest BCUT2D eigenvalue weighted by Crippen LogP contribution is 2.25. The van der Waals surface area contributed by atoms with Crippen molar-refractivity contribution in [2.75, 3.05) is 13.1 Å². The Morgan fingerprint density at radius 2 is 2.05 bits per heavy atom. The molecule has 0 radical (unpaired) electrons. The van der Waals surface area contributed by atoms with Crippen LogP contribution in [0, 0.1) is 0 Å². The minimum absolute atomic E-state index is 0.0584. The summed E-state index contributed by atoms with van der Waals surface area (Å²) in [7, 11) is 0. The number of aromatic nitrogens is 3. The predicted molar refractivity (Wildman–Crippen MR) is 74.2 cm³/mol. The van der Waals surface area contributed by atoms with Crippen molar-refractivity contribution in [1.82, 2.24) is 19.7 Å². The number of carbonyl (C=O) groups excluding carboxylic acids is 1. The van der Waals surface area contributed by atoms with Crippen LogP contribution >= 0.6 is 0 Å². The van der Waals surface area contributed by atoms with Crippen LogP contribution in [0.4, 0.5) is 0 Å². The van der Waals surface area contributed by atoms with Crippen LogP contribution in [0.25, 0.3) is 0 Å². The van der Waals surface area contributed by atoms with E-state index in [0.717, 1.165) is 12.8 Å². The molecule has 0 atom stereocenters. The Morgan fingerprint density at radius 3 is 2.67 bits per heavy atom. The van der Waals surface area contributed by atoms with Crippen molar-refractivity contribution in [2.45, 2.75) is 18.9 Å². The number of piperidine rings is 1. The number of nitrogens with one attached hydrogen (secondary N) is 1. The van der Waals surface area contributed by atoms with Crippen LogP contribution in [0.1, 0.15) is 39.9 Å². The first kappa shape index (κ1) is 13.4. The maximum Gasteiger partial charge on any atom is 0.352 e. The third-order valence-corrected chi connectivity index (χ3v) is 3.87. The highest BCUT2D eigenvalue weighted by atomic mass is 16.4. The summed E-state index contributed by atoms with van der Waals surface area (Å²) in [6.45, 7) is 1.22. The zero-order valence-electron chi connectivity index (χ0n) is 11.4. The molecule has 0 unspecified atom stereocenters. The number of aromatic carboxylic acids is 1. The zero-order chi connectivity index (χ0) is 14.8. The molecule has 3 heterocycles. The molecule has 21 heavy (non-hydrogen) atoms. The Labute approximate surface area is 121 Å². The molecule has 7 nitrogen and oxygen atoms in total. The van der Waals surface area contributed by atoms with Crippen LogP contribution in [0.15, 0.2) is 30.6 Å². The number of H-pyrrole nitrogens is 1. The molecule has 1 amide bonds. The first-order chi connectivity index (χ1) is 10.2. The summed E-state index contributed by atoms with van der Waals surface area (Å²) < 4.78 is 1.79. The van der Waals surface area contributed by atoms with E-state index in [2.05, 4.69) is 10.2 Å². The molecule has 7 heteroatoms. The summed E-state index contributed by atoms with van der Waals surface area (Å²) >= 11 is 0. The number of carboxylic acid groups (broad SMARTS) is 1. The van der Waals surface area contributed by atoms with Crippen molar-refractivity contribution in [1.29, 1.82) is 0 Å². The average molecular weight is 288 g/mol. The summed E-state index contributed by atoms with van der Waals surface area (Å²) in [5.41, 5.74) is 0.786. The number of hydrogen-bond donors (Lipinski definition) is 2. The second-order valence-corrected chi connectivity index (χ2v) is 5.10. The van der Waals surface area contributed by atoms with Gasteiger partial charge in [0.25, 0.3) is 5.91 Å². The van der Waals surface area contributed by atoms with E-state index in [9.17, 15) is 9.59 Å². The topological polar surface area (TPSA) is 91.2 Å². The molecule has 0 aromatic carbocycles. The first-order valence-electron chi connectivity index (χ1n) is 6.85. The van der Waals surface area contributed by atoms with Crippen LogP contribution in [0.2, 0.25) is 0 Å². The second kappa shape index (κ2) is 5.43. The fourth-order valence-electron chi connectivity index (χ4n) is 2.79. The van der Waals surface area contributed by atoms with Crippen LogP contribution in [-0.2, 0) is 0 Å². The second-order valence-electron chi connectivity index (χ2n) is 5.10. The highest BCUT2D eigenvalue weighted by molar-refractivity contribution is 5.92. The SMILES string of the molecule is O=C(O)c1cccn1C1CCN(C(=O)c2ccn[nH]2)CC1. The van der Waals surface area contributed by atoms with Gasteiger partial charge in [0, 0.05) is 31.5 Å². The van der Waals surface area contributed by atoms with E-state index in [0.29, 0.717) is 24.5 Å². The van der Waals surface area contributed by atoms with Gasteiger partial charge in [-0.2, -0.15) is 5.10 Å². The number of rotatable bonds is 3. The number of nitrogens with zero attached hydrogens (tertiary/aromatic N) is 3. The summed E-state index contributed by atoms with van der Waals surface area (Å²) in [6.07, 6.45) is 4.84. The van der Waals surface area contributed by atoms with Gasteiger partial charge in [-0.25, -0.2) is 4.79 Å². The summed E-state index contributed by atoms with van der Waals surface area (Å²) in [5, 5.41) is 15.6. The molecule has 3 rings (SSSR count). The van der Waals surface area contributed by atoms with Gasteiger partial charge >= 0.3 is 5.97 Å². The fraction of sp³-hybridized carbons (Fsp3) is 0.357. The van der Waals surface area contributed by atoms with Crippen LogP contribution in [0.5, 0.6) is 0 Å². The van der Waals surface area contributed by atoms with E-state index in [-0.39, 0.29) is 11.9 Å². The quantitative estimate of drug-likeness (QED) is 0.892. The van der Waals surface area contributed by atoms with Crippen molar-refractivity contribution in [2.24, 2.45) is 0 Å². The molecule has 1 aliphatic rings. The fourth-order valence-corrected chi connectivity index (χ4v) is 2.79. The van der Waals surface area contributed by atoms with Gasteiger partial charge in [0.2, 0.25) is 0 Å². The monoisotopic (exact) mass is 288 g/mol. The molecule has 1 aliphatic heterocycles. The summed E-state index contributed by atoms with van der Waals surface area (Å²) in [5.74, 6) is -0.979. The van der Waals surface area contributed by atoms with Crippen molar-refractivity contribution in [3.05, 3.63) is 42.0 Å². The Kier molecular flexibility index (Phi) is 3.47. The van der Waals surface area contributed by atoms with Crippen LogP contribution in [-0.4, -0.2) is 49.7 Å². The van der Waals surface area contributed by atoms with Gasteiger partial charge in [-0.3, -0.25) is 9.89 Å². The van der Waals surface area contributed by atoms with E-state index in [1.807, 2.05) is 0 Å². The van der Waals surface area contributed by atoms with Gasteiger partial charge in [0.15, 0.2) is 0 Å². The van der Waals surface area contributed by atoms with E-state index >= 15 is 0 Å². The molecule has 1 fully saturated rings. The van der Waals surface area contributed by atoms with E-state index in [1.54, 1.807) is 40.1 Å². The minimum Gasteiger partial charge on any atom is -0.477 e. The maximum atomic E-state index is 12.2. The molecule has 2 aromatic rings. The molecule has 0 aliphatic carbocycles. The lowest BCUT2D eigenvalue weighted by Crippen LogP contribution is -2.39. The summed E-state index contributed by atoms with van der Waals surface area (Å²) in [4.78, 5) is 25.1. The molecular formula is C14H16N4O3. The molecule has 2 N–H and O–H groups in total. The third-order valence-electron chi connectivity index (χ3n) is 3.87. The molecule has 110 valence electrons. The van der Waals surface area contributed by atoms with E-state index < -0.39 is 5.97 Å². The first-order valence-corrected chi connectivity index (χ1v) is 6.85. The largest absolute Gasteiger partial charge is 0.477 e. The van der Waals surface area contributed by atoms with Gasteiger partial charge in [-0.05, 0) is 31.0 Å². The normalized spacial score (nSPS) is 16.1.